The Bertz CT molecular complexity index is 209. The summed E-state index contributed by atoms with van der Waals surface area (Å²) >= 11 is 0. The monoisotopic (exact) mass is 228 g/mol. The van der Waals surface area contributed by atoms with Crippen molar-refractivity contribution in [1.29, 1.82) is 0 Å². The Kier molecular flexibility index (Phi) is 5.25. The lowest BCUT2D eigenvalue weighted by atomic mass is 10.5. The van der Waals surface area contributed by atoms with Gasteiger partial charge in [-0.05, 0) is 20.8 Å². The van der Waals surface area contributed by atoms with Gasteiger partial charge >= 0.3 is 8.80 Å². The van der Waals surface area contributed by atoms with E-state index in [1.807, 2.05) is 32.9 Å². The average Bonchev–Trinajstić information content (AvgIpc) is 2.72. The van der Waals surface area contributed by atoms with E-state index in [0.29, 0.717) is 19.8 Å². The van der Waals surface area contributed by atoms with E-state index in [4.69, 9.17) is 13.3 Å². The maximum atomic E-state index is 5.79. The highest BCUT2D eigenvalue weighted by Crippen LogP contribution is 2.31. The zero-order valence-electron chi connectivity index (χ0n) is 9.73. The highest BCUT2D eigenvalue weighted by Gasteiger charge is 2.47. The molecule has 3 nitrogen and oxygen atoms in total. The summed E-state index contributed by atoms with van der Waals surface area (Å²) in [6.45, 7) is 7.81. The molecule has 0 N–H and O–H groups in total. The molecular formula is C11H20O3Si. The molecule has 0 bridgehead atoms. The first-order valence-corrected chi connectivity index (χ1v) is 7.36. The predicted octanol–water partition coefficient (Wildman–Crippen LogP) is 2.53. The fourth-order valence-electron chi connectivity index (χ4n) is 1.68. The quantitative estimate of drug-likeness (QED) is 0.627. The molecule has 86 valence electrons. The maximum Gasteiger partial charge on any atom is 0.512 e. The van der Waals surface area contributed by atoms with Crippen molar-refractivity contribution in [2.45, 2.75) is 26.3 Å². The molecule has 0 saturated heterocycles. The molecule has 0 fully saturated rings. The molecule has 1 aliphatic rings. The molecule has 0 unspecified atom stereocenters. The van der Waals surface area contributed by atoms with E-state index in [1.165, 1.54) is 0 Å². The van der Waals surface area contributed by atoms with Crippen molar-refractivity contribution in [3.8, 4) is 0 Å². The third-order valence-corrected chi connectivity index (χ3v) is 5.47. The third-order valence-electron chi connectivity index (χ3n) is 2.19. The third kappa shape index (κ3) is 3.01. The average molecular weight is 228 g/mol. The van der Waals surface area contributed by atoms with Crippen molar-refractivity contribution in [2.75, 3.05) is 19.8 Å². The Morgan fingerprint density at radius 2 is 1.27 bits per heavy atom. The summed E-state index contributed by atoms with van der Waals surface area (Å²) < 4.78 is 17.4. The van der Waals surface area contributed by atoms with Crippen LogP contribution in [0.15, 0.2) is 24.3 Å². The molecule has 0 amide bonds. The van der Waals surface area contributed by atoms with E-state index in [2.05, 4.69) is 12.2 Å². The van der Waals surface area contributed by atoms with Crippen LogP contribution in [0.5, 0.6) is 0 Å². The van der Waals surface area contributed by atoms with Gasteiger partial charge in [-0.3, -0.25) is 0 Å². The molecule has 1 rings (SSSR count). The second-order valence-electron chi connectivity index (χ2n) is 3.20. The van der Waals surface area contributed by atoms with Crippen LogP contribution in [0.25, 0.3) is 0 Å². The van der Waals surface area contributed by atoms with Crippen molar-refractivity contribution >= 4 is 8.80 Å². The van der Waals surface area contributed by atoms with Gasteiger partial charge in [0.2, 0.25) is 0 Å². The molecule has 0 atom stereocenters. The molecule has 0 spiro atoms. The zero-order valence-corrected chi connectivity index (χ0v) is 10.7. The molecular weight excluding hydrogens is 208 g/mol. The van der Waals surface area contributed by atoms with Crippen LogP contribution in [-0.2, 0) is 13.3 Å². The summed E-state index contributed by atoms with van der Waals surface area (Å²) in [6, 6.07) is 0. The molecule has 1 aliphatic carbocycles. The van der Waals surface area contributed by atoms with Gasteiger partial charge in [0.15, 0.2) is 0 Å². The summed E-state index contributed by atoms with van der Waals surface area (Å²) in [5.41, 5.74) is 0.178. The smallest absolute Gasteiger partial charge is 0.373 e. The second kappa shape index (κ2) is 6.22. The zero-order chi connectivity index (χ0) is 11.1. The molecule has 0 aromatic rings. The van der Waals surface area contributed by atoms with Crippen molar-refractivity contribution in [3.05, 3.63) is 24.3 Å². The van der Waals surface area contributed by atoms with E-state index in [0.717, 1.165) is 0 Å². The second-order valence-corrected chi connectivity index (χ2v) is 5.94. The van der Waals surface area contributed by atoms with Crippen LogP contribution < -0.4 is 0 Å². The Labute approximate surface area is 93.1 Å². The lowest BCUT2D eigenvalue weighted by Gasteiger charge is -2.31. The summed E-state index contributed by atoms with van der Waals surface area (Å²) in [5.74, 6) is 0. The van der Waals surface area contributed by atoms with Gasteiger partial charge < -0.3 is 13.3 Å². The van der Waals surface area contributed by atoms with Gasteiger partial charge in [-0.15, -0.1) is 0 Å². The van der Waals surface area contributed by atoms with Crippen LogP contribution in [0.2, 0.25) is 5.54 Å². The molecule has 0 aromatic heterocycles. The number of rotatable bonds is 7. The van der Waals surface area contributed by atoms with Crippen LogP contribution in [0.1, 0.15) is 20.8 Å². The van der Waals surface area contributed by atoms with E-state index >= 15 is 0 Å². The lowest BCUT2D eigenvalue weighted by molar-refractivity contribution is 0.0691. The van der Waals surface area contributed by atoms with Crippen molar-refractivity contribution in [1.82, 2.24) is 0 Å². The van der Waals surface area contributed by atoms with Gasteiger partial charge in [0, 0.05) is 19.8 Å². The van der Waals surface area contributed by atoms with Crippen molar-refractivity contribution in [3.63, 3.8) is 0 Å². The lowest BCUT2D eigenvalue weighted by Crippen LogP contribution is -2.49. The summed E-state index contributed by atoms with van der Waals surface area (Å²) in [7, 11) is -2.54. The van der Waals surface area contributed by atoms with Crippen LogP contribution in [0.3, 0.4) is 0 Å². The summed E-state index contributed by atoms with van der Waals surface area (Å²) in [5, 5.41) is 0. The number of hydrogen-bond acceptors (Lipinski definition) is 3. The first-order chi connectivity index (χ1) is 7.29. The highest BCUT2D eigenvalue weighted by molar-refractivity contribution is 6.63. The van der Waals surface area contributed by atoms with E-state index in [1.54, 1.807) is 0 Å². The summed E-state index contributed by atoms with van der Waals surface area (Å²) in [6.07, 6.45) is 8.22. The van der Waals surface area contributed by atoms with Crippen molar-refractivity contribution < 1.29 is 13.3 Å². The molecule has 0 radical (unpaired) electrons. The molecule has 0 saturated carbocycles. The van der Waals surface area contributed by atoms with Gasteiger partial charge in [0.05, 0.1) is 5.54 Å². The van der Waals surface area contributed by atoms with E-state index in [9.17, 15) is 0 Å². The van der Waals surface area contributed by atoms with Gasteiger partial charge in [0.25, 0.3) is 0 Å². The minimum Gasteiger partial charge on any atom is -0.373 e. The predicted molar refractivity (Wildman–Crippen MR) is 62.7 cm³/mol. The van der Waals surface area contributed by atoms with Gasteiger partial charge in [-0.25, -0.2) is 0 Å². The van der Waals surface area contributed by atoms with Crippen LogP contribution in [0.4, 0.5) is 0 Å². The molecule has 0 aliphatic heterocycles. The first kappa shape index (κ1) is 12.6. The van der Waals surface area contributed by atoms with E-state index < -0.39 is 8.80 Å². The minimum atomic E-state index is -2.54. The van der Waals surface area contributed by atoms with Gasteiger partial charge in [-0.2, -0.15) is 0 Å². The van der Waals surface area contributed by atoms with Crippen molar-refractivity contribution in [2.24, 2.45) is 0 Å². The SMILES string of the molecule is CCO[Si](OCC)(OCC)C1C=CC=C1. The summed E-state index contributed by atoms with van der Waals surface area (Å²) in [4.78, 5) is 0. The van der Waals surface area contributed by atoms with E-state index in [-0.39, 0.29) is 5.54 Å². The Hall–Kier alpha value is -0.423. The normalized spacial score (nSPS) is 16.5. The number of allylic oxidation sites excluding steroid dienone is 4. The standard InChI is InChI=1S/C11H20O3Si/c1-4-12-15(13-5-2,14-6-3)11-9-7-8-10-11/h7-11H,4-6H2,1-3H3. The van der Waals surface area contributed by atoms with Crippen LogP contribution in [-0.4, -0.2) is 28.6 Å². The Morgan fingerprint density at radius 3 is 1.60 bits per heavy atom. The highest BCUT2D eigenvalue weighted by atomic mass is 28.4. The Balaban J connectivity index is 2.78. The largest absolute Gasteiger partial charge is 0.512 e. The fraction of sp³-hybridized carbons (Fsp3) is 0.636. The minimum absolute atomic E-state index is 0.178. The molecule has 0 heterocycles. The van der Waals surface area contributed by atoms with Gasteiger partial charge in [-0.1, -0.05) is 24.3 Å². The molecule has 0 aromatic carbocycles. The molecule has 15 heavy (non-hydrogen) atoms. The fourth-order valence-corrected chi connectivity index (χ4v) is 4.41. The van der Waals surface area contributed by atoms with Crippen LogP contribution in [0, 0.1) is 0 Å². The molecule has 4 heteroatoms. The first-order valence-electron chi connectivity index (χ1n) is 5.56. The number of hydrogen-bond donors (Lipinski definition) is 0. The Morgan fingerprint density at radius 1 is 0.867 bits per heavy atom. The topological polar surface area (TPSA) is 27.7 Å². The van der Waals surface area contributed by atoms with Gasteiger partial charge in [0.1, 0.15) is 0 Å². The maximum absolute atomic E-state index is 5.79. The van der Waals surface area contributed by atoms with Crippen LogP contribution >= 0.6 is 0 Å².